The topological polar surface area (TPSA) is 70.7 Å². The molecule has 1 fully saturated rings. The SMILES string of the molecule is O=C(Nc1ccc2nc(C3CCC3)[nH]c2c1)c1cnc(-c2cccs2)s1. The van der Waals surface area contributed by atoms with Gasteiger partial charge in [0, 0.05) is 11.6 Å². The fourth-order valence-corrected chi connectivity index (χ4v) is 4.68. The Balaban J connectivity index is 1.36. The van der Waals surface area contributed by atoms with Gasteiger partial charge >= 0.3 is 0 Å². The Labute approximate surface area is 158 Å². The van der Waals surface area contributed by atoms with Gasteiger partial charge in [-0.05, 0) is 42.5 Å². The lowest BCUT2D eigenvalue weighted by Crippen LogP contribution is -2.10. The summed E-state index contributed by atoms with van der Waals surface area (Å²) in [6, 6.07) is 9.79. The number of nitrogens with zero attached hydrogens (tertiary/aromatic N) is 2. The van der Waals surface area contributed by atoms with Gasteiger partial charge in [0.05, 0.1) is 22.1 Å². The molecular weight excluding hydrogens is 364 g/mol. The second kappa shape index (κ2) is 6.34. The second-order valence-corrected chi connectivity index (χ2v) is 8.42. The van der Waals surface area contributed by atoms with E-state index in [0.717, 1.165) is 32.4 Å². The zero-order valence-electron chi connectivity index (χ0n) is 13.9. The Morgan fingerprint density at radius 3 is 2.96 bits per heavy atom. The van der Waals surface area contributed by atoms with E-state index in [1.54, 1.807) is 17.5 Å². The number of anilines is 1. The quantitative estimate of drug-likeness (QED) is 0.507. The fourth-order valence-electron chi connectivity index (χ4n) is 3.07. The summed E-state index contributed by atoms with van der Waals surface area (Å²) in [4.78, 5) is 26.7. The number of carbonyl (C=O) groups is 1. The summed E-state index contributed by atoms with van der Waals surface area (Å²) >= 11 is 3.03. The minimum absolute atomic E-state index is 0.136. The van der Waals surface area contributed by atoms with Gasteiger partial charge in [-0.1, -0.05) is 12.5 Å². The van der Waals surface area contributed by atoms with Crippen LogP contribution in [0.1, 0.15) is 40.7 Å². The number of fused-ring (bicyclic) bond motifs is 1. The lowest BCUT2D eigenvalue weighted by atomic mass is 9.85. The Morgan fingerprint density at radius 2 is 2.19 bits per heavy atom. The summed E-state index contributed by atoms with van der Waals surface area (Å²) in [6.07, 6.45) is 5.34. The molecular formula is C19H16N4OS2. The number of amides is 1. The molecule has 5 nitrogen and oxygen atoms in total. The number of rotatable bonds is 4. The third-order valence-electron chi connectivity index (χ3n) is 4.71. The summed E-state index contributed by atoms with van der Waals surface area (Å²) in [5, 5.41) is 5.84. The van der Waals surface area contributed by atoms with Crippen LogP contribution < -0.4 is 5.32 Å². The van der Waals surface area contributed by atoms with Crippen LogP contribution in [0.15, 0.2) is 41.9 Å². The van der Waals surface area contributed by atoms with Gasteiger partial charge in [-0.3, -0.25) is 4.79 Å². The lowest BCUT2D eigenvalue weighted by Gasteiger charge is -2.22. The predicted octanol–water partition coefficient (Wildman–Crippen LogP) is 5.27. The number of imidazole rings is 1. The molecule has 2 N–H and O–H groups in total. The number of aromatic amines is 1. The molecule has 0 spiro atoms. The Kier molecular flexibility index (Phi) is 3.83. The number of hydrogen-bond acceptors (Lipinski definition) is 5. The number of carbonyl (C=O) groups excluding carboxylic acids is 1. The highest BCUT2D eigenvalue weighted by atomic mass is 32.1. The molecule has 130 valence electrons. The van der Waals surface area contributed by atoms with E-state index >= 15 is 0 Å². The standard InChI is InChI=1S/C19H16N4OS2/c24-18(16-10-20-19(26-16)15-5-2-8-25-15)21-12-6-7-13-14(9-12)23-17(22-13)11-3-1-4-11/h2,5-11H,1,3-4H2,(H,21,24)(H,22,23). The molecule has 4 aromatic rings. The predicted molar refractivity (Wildman–Crippen MR) is 106 cm³/mol. The maximum atomic E-state index is 12.5. The van der Waals surface area contributed by atoms with Gasteiger partial charge in [0.25, 0.3) is 5.91 Å². The molecule has 1 amide bonds. The average molecular weight is 380 g/mol. The van der Waals surface area contributed by atoms with E-state index in [-0.39, 0.29) is 5.91 Å². The first-order chi connectivity index (χ1) is 12.8. The minimum Gasteiger partial charge on any atom is -0.342 e. The van der Waals surface area contributed by atoms with Crippen LogP contribution in [-0.2, 0) is 0 Å². The minimum atomic E-state index is -0.136. The van der Waals surface area contributed by atoms with Crippen LogP contribution in [0.2, 0.25) is 0 Å². The van der Waals surface area contributed by atoms with E-state index in [4.69, 9.17) is 0 Å². The summed E-state index contributed by atoms with van der Waals surface area (Å²) < 4.78 is 0. The van der Waals surface area contributed by atoms with Crippen molar-refractivity contribution in [2.75, 3.05) is 5.32 Å². The number of H-pyrrole nitrogens is 1. The Hall–Kier alpha value is -2.51. The number of benzene rings is 1. The summed E-state index contributed by atoms with van der Waals surface area (Å²) in [5.41, 5.74) is 2.67. The van der Waals surface area contributed by atoms with Crippen LogP contribution in [-0.4, -0.2) is 20.9 Å². The smallest absolute Gasteiger partial charge is 0.267 e. The highest BCUT2D eigenvalue weighted by Gasteiger charge is 2.22. The molecule has 3 heterocycles. The number of thiophene rings is 1. The van der Waals surface area contributed by atoms with Crippen LogP contribution in [0.3, 0.4) is 0 Å². The molecule has 0 saturated heterocycles. The number of hydrogen-bond donors (Lipinski definition) is 2. The molecule has 0 atom stereocenters. The van der Waals surface area contributed by atoms with E-state index < -0.39 is 0 Å². The van der Waals surface area contributed by atoms with Crippen molar-refractivity contribution in [2.45, 2.75) is 25.2 Å². The summed E-state index contributed by atoms with van der Waals surface area (Å²) in [7, 11) is 0. The van der Waals surface area contributed by atoms with Crippen LogP contribution >= 0.6 is 22.7 Å². The first-order valence-corrected chi connectivity index (χ1v) is 10.3. The van der Waals surface area contributed by atoms with Crippen LogP contribution in [0.5, 0.6) is 0 Å². The molecule has 7 heteroatoms. The van der Waals surface area contributed by atoms with Crippen molar-refractivity contribution in [1.82, 2.24) is 15.0 Å². The molecule has 0 bridgehead atoms. The van der Waals surface area contributed by atoms with Crippen LogP contribution in [0, 0.1) is 0 Å². The highest BCUT2D eigenvalue weighted by Crippen LogP contribution is 2.35. The van der Waals surface area contributed by atoms with Crippen LogP contribution in [0.25, 0.3) is 20.9 Å². The zero-order chi connectivity index (χ0) is 17.5. The first-order valence-electron chi connectivity index (χ1n) is 8.57. The maximum absolute atomic E-state index is 12.5. The molecule has 5 rings (SSSR count). The third kappa shape index (κ3) is 2.83. The van der Waals surface area contributed by atoms with Gasteiger partial charge < -0.3 is 10.3 Å². The highest BCUT2D eigenvalue weighted by molar-refractivity contribution is 7.22. The third-order valence-corrected chi connectivity index (χ3v) is 6.75. The van der Waals surface area contributed by atoms with Crippen LogP contribution in [0.4, 0.5) is 5.69 Å². The normalized spacial score (nSPS) is 14.5. The van der Waals surface area contributed by atoms with Gasteiger partial charge in [-0.2, -0.15) is 0 Å². The van der Waals surface area contributed by atoms with Crippen molar-refractivity contribution in [3.8, 4) is 9.88 Å². The largest absolute Gasteiger partial charge is 0.342 e. The molecule has 1 aliphatic rings. The number of thiazole rings is 1. The molecule has 1 aliphatic carbocycles. The van der Waals surface area contributed by atoms with E-state index in [9.17, 15) is 4.79 Å². The zero-order valence-corrected chi connectivity index (χ0v) is 15.5. The molecule has 0 unspecified atom stereocenters. The van der Waals surface area contributed by atoms with Gasteiger partial charge in [0.1, 0.15) is 15.7 Å². The molecule has 0 aliphatic heterocycles. The molecule has 3 aromatic heterocycles. The van der Waals surface area contributed by atoms with Crippen molar-refractivity contribution < 1.29 is 4.79 Å². The molecule has 26 heavy (non-hydrogen) atoms. The number of nitrogens with one attached hydrogen (secondary N) is 2. The van der Waals surface area contributed by atoms with Crippen molar-refractivity contribution in [3.63, 3.8) is 0 Å². The molecule has 1 aromatic carbocycles. The van der Waals surface area contributed by atoms with E-state index in [2.05, 4.69) is 20.3 Å². The molecule has 1 saturated carbocycles. The van der Waals surface area contributed by atoms with Crippen molar-refractivity contribution in [2.24, 2.45) is 0 Å². The van der Waals surface area contributed by atoms with Crippen molar-refractivity contribution in [1.29, 1.82) is 0 Å². The van der Waals surface area contributed by atoms with E-state index in [0.29, 0.717) is 10.8 Å². The first kappa shape index (κ1) is 15.7. The monoisotopic (exact) mass is 380 g/mol. The van der Waals surface area contributed by atoms with Gasteiger partial charge in [-0.25, -0.2) is 9.97 Å². The number of aromatic nitrogens is 3. The Morgan fingerprint density at radius 1 is 1.27 bits per heavy atom. The fraction of sp³-hybridized carbons (Fsp3) is 0.211. The molecule has 0 radical (unpaired) electrons. The average Bonchev–Trinajstić information content (AvgIpc) is 3.32. The van der Waals surface area contributed by atoms with E-state index in [1.165, 1.54) is 30.6 Å². The van der Waals surface area contributed by atoms with E-state index in [1.807, 2.05) is 35.7 Å². The summed E-state index contributed by atoms with van der Waals surface area (Å²) in [6.45, 7) is 0. The van der Waals surface area contributed by atoms with Crippen molar-refractivity contribution >= 4 is 45.3 Å². The maximum Gasteiger partial charge on any atom is 0.267 e. The second-order valence-electron chi connectivity index (χ2n) is 6.44. The summed E-state index contributed by atoms with van der Waals surface area (Å²) in [5.74, 6) is 1.49. The Bertz CT molecular complexity index is 1080. The van der Waals surface area contributed by atoms with Gasteiger partial charge in [-0.15, -0.1) is 22.7 Å². The van der Waals surface area contributed by atoms with Gasteiger partial charge in [0.2, 0.25) is 0 Å². The van der Waals surface area contributed by atoms with Gasteiger partial charge in [0.15, 0.2) is 0 Å². The lowest BCUT2D eigenvalue weighted by molar-refractivity contribution is 0.103. The van der Waals surface area contributed by atoms with Crippen molar-refractivity contribution in [3.05, 3.63) is 52.6 Å².